The molecule has 0 saturated carbocycles. The largest absolute Gasteiger partial charge is 0.489 e. The Labute approximate surface area is 167 Å². The lowest BCUT2D eigenvalue weighted by molar-refractivity contribution is 0.307. The van der Waals surface area contributed by atoms with Crippen molar-refractivity contribution in [3.63, 3.8) is 0 Å². The Morgan fingerprint density at radius 2 is 1.39 bits per heavy atom. The summed E-state index contributed by atoms with van der Waals surface area (Å²) in [6, 6.07) is 29.9. The lowest BCUT2D eigenvalue weighted by Crippen LogP contribution is -2.07. The van der Waals surface area contributed by atoms with Gasteiger partial charge in [-0.05, 0) is 58.7 Å². The normalized spacial score (nSPS) is 10.8. The van der Waals surface area contributed by atoms with Crippen molar-refractivity contribution >= 4 is 16.5 Å². The Balaban J connectivity index is 1.67. The molecular weight excluding hydrogens is 342 g/mol. The summed E-state index contributed by atoms with van der Waals surface area (Å²) in [7, 11) is 4.13. The van der Waals surface area contributed by atoms with Gasteiger partial charge in [0.2, 0.25) is 0 Å². The van der Waals surface area contributed by atoms with Gasteiger partial charge in [-0.1, -0.05) is 66.2 Å². The minimum absolute atomic E-state index is 0.559. The molecule has 0 radical (unpaired) electrons. The third-order valence-corrected chi connectivity index (χ3v) is 5.12. The molecule has 0 unspecified atom stereocenters. The Kier molecular flexibility index (Phi) is 5.03. The molecule has 2 heteroatoms. The molecule has 2 nitrogen and oxygen atoms in total. The van der Waals surface area contributed by atoms with Gasteiger partial charge in [-0.3, -0.25) is 0 Å². The predicted octanol–water partition coefficient (Wildman–Crippen LogP) is 6.46. The quantitative estimate of drug-likeness (QED) is 0.401. The van der Waals surface area contributed by atoms with Gasteiger partial charge in [-0.25, -0.2) is 0 Å². The Morgan fingerprint density at radius 1 is 0.714 bits per heavy atom. The van der Waals surface area contributed by atoms with E-state index in [2.05, 4.69) is 98.7 Å². The number of benzene rings is 4. The van der Waals surface area contributed by atoms with Crippen LogP contribution in [-0.4, -0.2) is 14.1 Å². The van der Waals surface area contributed by atoms with Crippen LogP contribution in [0.15, 0.2) is 84.9 Å². The monoisotopic (exact) mass is 367 g/mol. The van der Waals surface area contributed by atoms with E-state index in [4.69, 9.17) is 4.74 Å². The van der Waals surface area contributed by atoms with Gasteiger partial charge in [0.25, 0.3) is 0 Å². The molecule has 0 spiro atoms. The van der Waals surface area contributed by atoms with E-state index in [1.807, 2.05) is 12.1 Å². The maximum absolute atomic E-state index is 6.04. The third-order valence-electron chi connectivity index (χ3n) is 5.12. The van der Waals surface area contributed by atoms with Crippen LogP contribution in [0.4, 0.5) is 5.69 Å². The summed E-state index contributed by atoms with van der Waals surface area (Å²) >= 11 is 0. The molecule has 0 atom stereocenters. The second-order valence-electron chi connectivity index (χ2n) is 7.36. The zero-order chi connectivity index (χ0) is 19.5. The topological polar surface area (TPSA) is 12.5 Å². The maximum Gasteiger partial charge on any atom is 0.119 e. The summed E-state index contributed by atoms with van der Waals surface area (Å²) in [5.41, 5.74) is 6.12. The van der Waals surface area contributed by atoms with Gasteiger partial charge in [0.05, 0.1) is 0 Å². The second-order valence-corrected chi connectivity index (χ2v) is 7.36. The van der Waals surface area contributed by atoms with Gasteiger partial charge in [0.1, 0.15) is 12.4 Å². The number of aryl methyl sites for hydroxylation is 1. The van der Waals surface area contributed by atoms with Crippen molar-refractivity contribution in [3.8, 4) is 16.9 Å². The Bertz CT molecular complexity index is 1080. The van der Waals surface area contributed by atoms with Crippen molar-refractivity contribution in [2.75, 3.05) is 19.0 Å². The first-order valence-electron chi connectivity index (χ1n) is 9.60. The number of nitrogens with zero attached hydrogens (tertiary/aromatic N) is 1. The first-order valence-corrected chi connectivity index (χ1v) is 9.60. The van der Waals surface area contributed by atoms with Crippen molar-refractivity contribution in [1.29, 1.82) is 0 Å². The number of hydrogen-bond donors (Lipinski definition) is 0. The summed E-state index contributed by atoms with van der Waals surface area (Å²) in [4.78, 5) is 2.12. The summed E-state index contributed by atoms with van der Waals surface area (Å²) < 4.78 is 6.04. The van der Waals surface area contributed by atoms with E-state index in [1.165, 1.54) is 38.7 Å². The van der Waals surface area contributed by atoms with Gasteiger partial charge in [-0.15, -0.1) is 0 Å². The first-order chi connectivity index (χ1) is 13.6. The molecule has 0 aliphatic rings. The molecule has 0 aromatic heterocycles. The number of ether oxygens (including phenoxy) is 1. The van der Waals surface area contributed by atoms with Gasteiger partial charge in [-0.2, -0.15) is 0 Å². The minimum Gasteiger partial charge on any atom is -0.489 e. The summed E-state index contributed by atoms with van der Waals surface area (Å²) in [5, 5.41) is 2.49. The van der Waals surface area contributed by atoms with E-state index in [1.54, 1.807) is 0 Å². The van der Waals surface area contributed by atoms with Crippen molar-refractivity contribution in [3.05, 3.63) is 96.1 Å². The third kappa shape index (κ3) is 3.72. The highest BCUT2D eigenvalue weighted by Gasteiger charge is 2.08. The highest BCUT2D eigenvalue weighted by atomic mass is 16.5. The fourth-order valence-corrected chi connectivity index (χ4v) is 3.49. The van der Waals surface area contributed by atoms with Crippen LogP contribution >= 0.6 is 0 Å². The molecule has 4 aromatic carbocycles. The van der Waals surface area contributed by atoms with Crippen LogP contribution in [0.25, 0.3) is 21.9 Å². The molecule has 28 heavy (non-hydrogen) atoms. The average molecular weight is 367 g/mol. The smallest absolute Gasteiger partial charge is 0.119 e. The van der Waals surface area contributed by atoms with Crippen molar-refractivity contribution < 1.29 is 4.74 Å². The highest BCUT2D eigenvalue weighted by Crippen LogP contribution is 2.32. The van der Waals surface area contributed by atoms with Crippen molar-refractivity contribution in [2.45, 2.75) is 13.5 Å². The average Bonchev–Trinajstić information content (AvgIpc) is 2.73. The molecule has 0 saturated heterocycles. The van der Waals surface area contributed by atoms with Crippen LogP contribution in [0.5, 0.6) is 5.75 Å². The molecule has 0 bridgehead atoms. The SMILES string of the molecule is Cc1ccc(OCc2cccc3c(-c4ccc(N(C)C)cc4)cccc23)cc1. The van der Waals surface area contributed by atoms with Gasteiger partial charge in [0.15, 0.2) is 0 Å². The molecule has 4 aromatic rings. The minimum atomic E-state index is 0.559. The molecule has 0 heterocycles. The van der Waals surface area contributed by atoms with Crippen LogP contribution in [0, 0.1) is 6.92 Å². The highest BCUT2D eigenvalue weighted by molar-refractivity contribution is 5.98. The van der Waals surface area contributed by atoms with Crippen molar-refractivity contribution in [1.82, 2.24) is 0 Å². The Hall–Kier alpha value is -3.26. The van der Waals surface area contributed by atoms with E-state index in [0.29, 0.717) is 6.61 Å². The molecular formula is C26H25NO. The Morgan fingerprint density at radius 3 is 2.11 bits per heavy atom. The molecule has 0 aliphatic carbocycles. The van der Waals surface area contributed by atoms with E-state index >= 15 is 0 Å². The van der Waals surface area contributed by atoms with Gasteiger partial charge >= 0.3 is 0 Å². The van der Waals surface area contributed by atoms with Gasteiger partial charge in [0, 0.05) is 19.8 Å². The van der Waals surface area contributed by atoms with Crippen LogP contribution in [0.3, 0.4) is 0 Å². The van der Waals surface area contributed by atoms with E-state index in [0.717, 1.165) is 5.75 Å². The van der Waals surface area contributed by atoms with E-state index < -0.39 is 0 Å². The van der Waals surface area contributed by atoms with Crippen molar-refractivity contribution in [2.24, 2.45) is 0 Å². The van der Waals surface area contributed by atoms with E-state index in [-0.39, 0.29) is 0 Å². The zero-order valence-corrected chi connectivity index (χ0v) is 16.6. The molecule has 0 fully saturated rings. The molecule has 140 valence electrons. The predicted molar refractivity (Wildman–Crippen MR) is 119 cm³/mol. The number of rotatable bonds is 5. The van der Waals surface area contributed by atoms with Gasteiger partial charge < -0.3 is 9.64 Å². The molecule has 0 amide bonds. The number of hydrogen-bond acceptors (Lipinski definition) is 2. The van der Waals surface area contributed by atoms with Crippen LogP contribution in [0.2, 0.25) is 0 Å². The lowest BCUT2D eigenvalue weighted by Gasteiger charge is -2.14. The fourth-order valence-electron chi connectivity index (χ4n) is 3.49. The fraction of sp³-hybridized carbons (Fsp3) is 0.154. The molecule has 0 N–H and O–H groups in total. The summed E-state index contributed by atoms with van der Waals surface area (Å²) in [5.74, 6) is 0.901. The molecule has 0 aliphatic heterocycles. The molecule has 4 rings (SSSR count). The number of anilines is 1. The van der Waals surface area contributed by atoms with Crippen LogP contribution in [-0.2, 0) is 6.61 Å². The number of fused-ring (bicyclic) bond motifs is 1. The first kappa shape index (κ1) is 18.1. The van der Waals surface area contributed by atoms with E-state index in [9.17, 15) is 0 Å². The van der Waals surface area contributed by atoms with Crippen LogP contribution < -0.4 is 9.64 Å². The summed E-state index contributed by atoms with van der Waals surface area (Å²) in [6.45, 7) is 2.64. The standard InChI is InChI=1S/C26H25NO/c1-19-10-16-23(17-11-19)28-18-21-6-4-9-26-24(7-5-8-25(21)26)20-12-14-22(15-13-20)27(2)3/h4-17H,18H2,1-3H3. The second kappa shape index (κ2) is 7.77. The lowest BCUT2D eigenvalue weighted by atomic mass is 9.95. The zero-order valence-electron chi connectivity index (χ0n) is 16.6. The maximum atomic E-state index is 6.04. The summed E-state index contributed by atoms with van der Waals surface area (Å²) in [6.07, 6.45) is 0. The van der Waals surface area contributed by atoms with Crippen LogP contribution in [0.1, 0.15) is 11.1 Å².